The lowest BCUT2D eigenvalue weighted by Crippen LogP contribution is -2.53. The molecule has 0 bridgehead atoms. The summed E-state index contributed by atoms with van der Waals surface area (Å²) in [4.78, 5) is 22.7. The van der Waals surface area contributed by atoms with Gasteiger partial charge in [-0.25, -0.2) is 14.8 Å². The van der Waals surface area contributed by atoms with Crippen LogP contribution in [0.1, 0.15) is 34.6 Å². The molecule has 0 radical (unpaired) electrons. The van der Waals surface area contributed by atoms with Crippen LogP contribution in [0.5, 0.6) is 5.75 Å². The van der Waals surface area contributed by atoms with E-state index in [1.54, 1.807) is 11.0 Å². The van der Waals surface area contributed by atoms with E-state index in [0.29, 0.717) is 18.1 Å². The van der Waals surface area contributed by atoms with Gasteiger partial charge >= 0.3 is 12.1 Å². The topological polar surface area (TPSA) is 99.0 Å². The van der Waals surface area contributed by atoms with Gasteiger partial charge in [0.2, 0.25) is 5.82 Å². The number of halogens is 4. The van der Waals surface area contributed by atoms with Crippen LogP contribution in [0.25, 0.3) is 10.9 Å². The molecule has 2 atom stereocenters. The van der Waals surface area contributed by atoms with E-state index in [2.05, 4.69) is 14.9 Å². The molecule has 3 aliphatic rings. The fourth-order valence-electron chi connectivity index (χ4n) is 5.86. The molecule has 6 rings (SSSR count). The van der Waals surface area contributed by atoms with Gasteiger partial charge in [0.25, 0.3) is 0 Å². The molecule has 2 fully saturated rings. The molecule has 1 spiro atoms. The predicted octanol–water partition coefficient (Wildman–Crippen LogP) is 4.02. The second-order valence-corrected chi connectivity index (χ2v) is 10.6. The third-order valence-electron chi connectivity index (χ3n) is 7.77. The number of β-amino-alcohol motifs (C(OH)–C–C–N with tert-alkyl or cyclic N) is 1. The highest BCUT2D eigenvalue weighted by Crippen LogP contribution is 2.43. The molecule has 0 aliphatic carbocycles. The Hall–Kier alpha value is -3.15. The number of alkyl halides is 3. The number of fused-ring (bicyclic) bond motifs is 2. The first kappa shape index (κ1) is 25.1. The van der Waals surface area contributed by atoms with Crippen molar-refractivity contribution in [2.45, 2.75) is 43.2 Å². The van der Waals surface area contributed by atoms with Gasteiger partial charge in [-0.15, -0.1) is 0 Å². The second-order valence-electron chi connectivity index (χ2n) is 10.2. The number of benzene rings is 2. The van der Waals surface area contributed by atoms with Gasteiger partial charge in [-0.05, 0) is 42.0 Å². The number of aromatic carboxylic acids is 1. The van der Waals surface area contributed by atoms with Crippen molar-refractivity contribution in [2.75, 3.05) is 31.1 Å². The normalized spacial score (nSPS) is 23.1. The lowest BCUT2D eigenvalue weighted by molar-refractivity contribution is -0.144. The molecule has 200 valence electrons. The third-order valence-corrected chi connectivity index (χ3v) is 8.01. The van der Waals surface area contributed by atoms with Crippen molar-refractivity contribution < 1.29 is 32.9 Å². The van der Waals surface area contributed by atoms with E-state index in [9.17, 15) is 28.2 Å². The maximum Gasteiger partial charge on any atom is 0.451 e. The summed E-state index contributed by atoms with van der Waals surface area (Å²) in [5.74, 6) is -1.71. The van der Waals surface area contributed by atoms with Crippen molar-refractivity contribution in [1.82, 2.24) is 14.9 Å². The van der Waals surface area contributed by atoms with Crippen LogP contribution in [0.2, 0.25) is 5.02 Å². The molecular weight excluding hydrogens is 525 g/mol. The number of carboxylic acids is 1. The molecule has 2 N–H and O–H groups in total. The van der Waals surface area contributed by atoms with Gasteiger partial charge in [-0.2, -0.15) is 13.2 Å². The number of anilines is 1. The molecule has 0 saturated carbocycles. The highest BCUT2D eigenvalue weighted by molar-refractivity contribution is 6.30. The van der Waals surface area contributed by atoms with Gasteiger partial charge in [0.15, 0.2) is 0 Å². The number of rotatable bonds is 3. The van der Waals surface area contributed by atoms with Crippen LogP contribution in [-0.2, 0) is 12.6 Å². The van der Waals surface area contributed by atoms with Gasteiger partial charge in [0, 0.05) is 55.9 Å². The smallest absolute Gasteiger partial charge is 0.451 e. The quantitative estimate of drug-likeness (QED) is 0.506. The van der Waals surface area contributed by atoms with Crippen molar-refractivity contribution in [1.29, 1.82) is 0 Å². The van der Waals surface area contributed by atoms with Gasteiger partial charge in [0.1, 0.15) is 17.2 Å². The predicted molar refractivity (Wildman–Crippen MR) is 133 cm³/mol. The summed E-state index contributed by atoms with van der Waals surface area (Å²) < 4.78 is 47.1. The number of likely N-dealkylation sites (tertiary alicyclic amines) is 1. The molecule has 3 aromatic rings. The third kappa shape index (κ3) is 4.42. The van der Waals surface area contributed by atoms with Crippen LogP contribution in [0, 0.1) is 0 Å². The zero-order valence-corrected chi connectivity index (χ0v) is 20.8. The van der Waals surface area contributed by atoms with E-state index < -0.39 is 24.1 Å². The van der Waals surface area contributed by atoms with Gasteiger partial charge in [0.05, 0.1) is 23.2 Å². The van der Waals surface area contributed by atoms with E-state index >= 15 is 0 Å². The lowest BCUT2D eigenvalue weighted by atomic mass is 9.86. The number of carboxylic acid groups (broad SMARTS) is 1. The molecule has 38 heavy (non-hydrogen) atoms. The molecule has 1 unspecified atom stereocenters. The maximum absolute atomic E-state index is 13.6. The molecule has 2 saturated heterocycles. The molecule has 1 aromatic heterocycles. The van der Waals surface area contributed by atoms with E-state index in [1.807, 2.05) is 12.1 Å². The van der Waals surface area contributed by atoms with E-state index in [-0.39, 0.29) is 47.0 Å². The number of piperidine rings is 1. The van der Waals surface area contributed by atoms with Gasteiger partial charge in [-0.3, -0.25) is 4.90 Å². The van der Waals surface area contributed by atoms with E-state index in [0.717, 1.165) is 30.6 Å². The maximum atomic E-state index is 13.6. The van der Waals surface area contributed by atoms with Crippen LogP contribution in [0.3, 0.4) is 0 Å². The van der Waals surface area contributed by atoms with Crippen molar-refractivity contribution in [2.24, 2.45) is 0 Å². The zero-order valence-electron chi connectivity index (χ0n) is 20.1. The van der Waals surface area contributed by atoms with Gasteiger partial charge in [-0.1, -0.05) is 11.6 Å². The minimum atomic E-state index is -4.78. The Labute approximate surface area is 220 Å². The fourth-order valence-corrected chi connectivity index (χ4v) is 6.05. The molecule has 8 nitrogen and oxygen atoms in total. The standard InChI is InChI=1S/C26H24ClF3N4O4/c27-16-2-4-21-15(9-16)11-25(38-21)5-7-33(8-6-25)19-12-34(13-20(19)35)22-17-10-14(23(36)37)1-3-18(17)31-24(32-22)26(28,29)30/h1-4,9-10,19-20,35H,5-8,11-13H2,(H,36,37)/t19?,20-/m1/s1. The first-order valence-corrected chi connectivity index (χ1v) is 12.7. The Morgan fingerprint density at radius 2 is 1.87 bits per heavy atom. The molecule has 3 aliphatic heterocycles. The Bertz CT molecular complexity index is 1430. The van der Waals surface area contributed by atoms with E-state index in [4.69, 9.17) is 16.3 Å². The number of aliphatic hydroxyl groups excluding tert-OH is 1. The molecule has 2 aromatic carbocycles. The van der Waals surface area contributed by atoms with Crippen molar-refractivity contribution >= 4 is 34.3 Å². The average Bonchev–Trinajstić information content (AvgIpc) is 3.42. The van der Waals surface area contributed by atoms with Crippen LogP contribution in [0.4, 0.5) is 19.0 Å². The van der Waals surface area contributed by atoms with Crippen LogP contribution >= 0.6 is 11.6 Å². The number of aromatic nitrogens is 2. The highest BCUT2D eigenvalue weighted by atomic mass is 35.5. The van der Waals surface area contributed by atoms with Crippen molar-refractivity contribution in [3.8, 4) is 5.75 Å². The Kier molecular flexibility index (Phi) is 5.93. The minimum Gasteiger partial charge on any atom is -0.487 e. The monoisotopic (exact) mass is 548 g/mol. The number of ether oxygens (including phenoxy) is 1. The SMILES string of the molecule is O=C(O)c1ccc2nc(C(F)(F)F)nc(N3CC(N4CCC5(CC4)Cc4cc(Cl)ccc4O5)[C@H](O)C3)c2c1. The van der Waals surface area contributed by atoms with Crippen molar-refractivity contribution in [3.63, 3.8) is 0 Å². The molecule has 4 heterocycles. The Morgan fingerprint density at radius 3 is 2.58 bits per heavy atom. The average molecular weight is 549 g/mol. The number of aliphatic hydroxyl groups is 1. The molecular formula is C26H24ClF3N4O4. The fraction of sp³-hybridized carbons (Fsp3) is 0.423. The first-order chi connectivity index (χ1) is 18.0. The van der Waals surface area contributed by atoms with Crippen molar-refractivity contribution in [3.05, 3.63) is 58.4 Å². The minimum absolute atomic E-state index is 0.0109. The largest absolute Gasteiger partial charge is 0.487 e. The highest BCUT2D eigenvalue weighted by Gasteiger charge is 2.46. The first-order valence-electron chi connectivity index (χ1n) is 12.3. The summed E-state index contributed by atoms with van der Waals surface area (Å²) in [7, 11) is 0. The molecule has 12 heteroatoms. The summed E-state index contributed by atoms with van der Waals surface area (Å²) in [6.45, 7) is 1.61. The number of carbonyl (C=O) groups is 1. The zero-order chi connectivity index (χ0) is 26.8. The Balaban J connectivity index is 1.23. The summed E-state index contributed by atoms with van der Waals surface area (Å²) in [5.41, 5.74) is 0.654. The summed E-state index contributed by atoms with van der Waals surface area (Å²) in [5, 5.41) is 21.2. The van der Waals surface area contributed by atoms with Crippen LogP contribution in [-0.4, -0.2) is 75.0 Å². The number of hydrogen-bond acceptors (Lipinski definition) is 7. The lowest BCUT2D eigenvalue weighted by Gasteiger charge is -2.41. The summed E-state index contributed by atoms with van der Waals surface area (Å²) in [6, 6.07) is 9.02. The molecule has 0 amide bonds. The number of nitrogens with zero attached hydrogens (tertiary/aromatic N) is 4. The summed E-state index contributed by atoms with van der Waals surface area (Å²) in [6.07, 6.45) is -3.38. The Morgan fingerprint density at radius 1 is 1.11 bits per heavy atom. The van der Waals surface area contributed by atoms with Crippen LogP contribution < -0.4 is 9.64 Å². The second kappa shape index (κ2) is 8.96. The van der Waals surface area contributed by atoms with Gasteiger partial charge < -0.3 is 19.8 Å². The van der Waals surface area contributed by atoms with E-state index in [1.165, 1.54) is 18.2 Å². The summed E-state index contributed by atoms with van der Waals surface area (Å²) >= 11 is 6.14. The number of hydrogen-bond donors (Lipinski definition) is 2. The van der Waals surface area contributed by atoms with Crippen LogP contribution in [0.15, 0.2) is 36.4 Å².